The number of thioether (sulfide) groups is 1. The van der Waals surface area contributed by atoms with E-state index in [2.05, 4.69) is 5.18 Å². The summed E-state index contributed by atoms with van der Waals surface area (Å²) in [5, 5.41) is 2.62. The Morgan fingerprint density at radius 3 is 2.61 bits per heavy atom. The van der Waals surface area contributed by atoms with Crippen molar-refractivity contribution in [1.82, 2.24) is 0 Å². The summed E-state index contributed by atoms with van der Waals surface area (Å²) in [5.74, 6) is -3.21. The maximum atomic E-state index is 17.8. The quantitative estimate of drug-likeness (QED) is 0.329. The number of furan rings is 1. The van der Waals surface area contributed by atoms with Crippen molar-refractivity contribution in [2.45, 2.75) is 64.3 Å². The number of nitroso groups, excluding NO2 is 1. The van der Waals surface area contributed by atoms with Gasteiger partial charge in [-0.25, -0.2) is 13.6 Å². The van der Waals surface area contributed by atoms with E-state index >= 15 is 4.39 Å². The molecule has 0 saturated heterocycles. The molecule has 0 aromatic carbocycles. The maximum absolute atomic E-state index is 17.8. The number of rotatable bonds is 5. The lowest BCUT2D eigenvalue weighted by Crippen LogP contribution is -2.70. The Balaban J connectivity index is 1.67. The van der Waals surface area contributed by atoms with E-state index < -0.39 is 63.0 Å². The zero-order valence-electron chi connectivity index (χ0n) is 21.7. The highest BCUT2D eigenvalue weighted by Crippen LogP contribution is 2.73. The Labute approximate surface area is 223 Å². The van der Waals surface area contributed by atoms with E-state index in [1.54, 1.807) is 26.8 Å². The van der Waals surface area contributed by atoms with Gasteiger partial charge in [-0.2, -0.15) is 4.91 Å². The van der Waals surface area contributed by atoms with Crippen molar-refractivity contribution in [1.29, 1.82) is 0 Å². The first kappa shape index (κ1) is 27.0. The molecule has 7 nitrogen and oxygen atoms in total. The molecule has 3 fully saturated rings. The molecule has 38 heavy (non-hydrogen) atoms. The molecule has 10 heteroatoms. The van der Waals surface area contributed by atoms with Gasteiger partial charge in [0, 0.05) is 22.7 Å². The molecule has 1 aromatic heterocycles. The van der Waals surface area contributed by atoms with Crippen molar-refractivity contribution < 1.29 is 32.3 Å². The normalized spacial score (nSPS) is 43.5. The molecular formula is C28H31F2NO6S. The molecule has 4 aliphatic rings. The summed E-state index contributed by atoms with van der Waals surface area (Å²) >= 11 is 0.406. The van der Waals surface area contributed by atoms with Crippen LogP contribution in [-0.4, -0.2) is 40.2 Å². The minimum atomic E-state index is -2.13. The van der Waals surface area contributed by atoms with Crippen LogP contribution >= 0.6 is 11.8 Å². The molecule has 0 radical (unpaired) electrons. The number of carbonyl (C=O) groups excluding carboxylic acids is 3. The number of alkyl halides is 2. The molecule has 5 rings (SSSR count). The Morgan fingerprint density at radius 2 is 1.97 bits per heavy atom. The van der Waals surface area contributed by atoms with E-state index in [1.807, 2.05) is 6.92 Å². The number of hydrogen-bond acceptors (Lipinski definition) is 8. The molecular weight excluding hydrogens is 516 g/mol. The maximum Gasteiger partial charge on any atom is 0.375 e. The molecule has 9 atom stereocenters. The molecule has 3 saturated carbocycles. The number of allylic oxidation sites excluding steroid dienone is 4. The van der Waals surface area contributed by atoms with Crippen LogP contribution in [0.3, 0.4) is 0 Å². The largest absolute Gasteiger partial charge is 0.457 e. The molecule has 4 aliphatic carbocycles. The van der Waals surface area contributed by atoms with Crippen molar-refractivity contribution >= 4 is 28.6 Å². The van der Waals surface area contributed by atoms with Gasteiger partial charge in [0.05, 0.1) is 6.26 Å². The summed E-state index contributed by atoms with van der Waals surface area (Å²) in [7, 11) is 0. The van der Waals surface area contributed by atoms with E-state index in [9.17, 15) is 23.7 Å². The molecule has 0 spiro atoms. The summed E-state index contributed by atoms with van der Waals surface area (Å²) in [6.45, 7) is 7.12. The van der Waals surface area contributed by atoms with Crippen LogP contribution in [0.2, 0.25) is 0 Å². The molecule has 0 N–H and O–H groups in total. The molecule has 204 valence electrons. The van der Waals surface area contributed by atoms with Crippen LogP contribution in [0, 0.1) is 39.4 Å². The topological polar surface area (TPSA) is 103 Å². The second kappa shape index (κ2) is 8.96. The van der Waals surface area contributed by atoms with Gasteiger partial charge in [-0.05, 0) is 74.1 Å². The van der Waals surface area contributed by atoms with Gasteiger partial charge in [-0.15, -0.1) is 0 Å². The van der Waals surface area contributed by atoms with Gasteiger partial charge < -0.3 is 9.15 Å². The highest BCUT2D eigenvalue weighted by Gasteiger charge is 2.78. The average Bonchev–Trinajstić information content (AvgIpc) is 3.48. The lowest BCUT2D eigenvalue weighted by atomic mass is 9.43. The summed E-state index contributed by atoms with van der Waals surface area (Å²) in [6.07, 6.45) is 6.13. The van der Waals surface area contributed by atoms with Crippen LogP contribution in [0.1, 0.15) is 57.5 Å². The van der Waals surface area contributed by atoms with Crippen molar-refractivity contribution in [3.63, 3.8) is 0 Å². The lowest BCUT2D eigenvalue weighted by Gasteiger charge is -2.63. The van der Waals surface area contributed by atoms with E-state index in [-0.39, 0.29) is 23.9 Å². The van der Waals surface area contributed by atoms with Gasteiger partial charge in [0.25, 0.3) is 0 Å². The van der Waals surface area contributed by atoms with Gasteiger partial charge in [0.1, 0.15) is 12.0 Å². The summed E-state index contributed by atoms with van der Waals surface area (Å²) < 4.78 is 42.5. The monoisotopic (exact) mass is 547 g/mol. The Bertz CT molecular complexity index is 1250. The van der Waals surface area contributed by atoms with Crippen LogP contribution in [0.15, 0.2) is 51.8 Å². The van der Waals surface area contributed by atoms with E-state index in [1.165, 1.54) is 30.5 Å². The predicted octanol–water partition coefficient (Wildman–Crippen LogP) is 6.00. The molecule has 0 bridgehead atoms. The third-order valence-corrected chi connectivity index (χ3v) is 10.8. The number of carbonyl (C=O) groups is 3. The fraction of sp³-hybridized carbons (Fsp3) is 0.607. The third kappa shape index (κ3) is 3.27. The van der Waals surface area contributed by atoms with Crippen molar-refractivity contribution in [3.8, 4) is 0 Å². The number of esters is 1. The van der Waals surface area contributed by atoms with Gasteiger partial charge in [-0.1, -0.05) is 37.6 Å². The van der Waals surface area contributed by atoms with Crippen molar-refractivity contribution in [3.05, 3.63) is 52.9 Å². The van der Waals surface area contributed by atoms with Gasteiger partial charge in [-0.3, -0.25) is 9.59 Å². The number of ether oxygens (including phenoxy) is 1. The van der Waals surface area contributed by atoms with E-state index in [4.69, 9.17) is 9.15 Å². The molecule has 3 unspecified atom stereocenters. The number of hydrogen-bond donors (Lipinski definition) is 0. The van der Waals surface area contributed by atoms with E-state index in [0.29, 0.717) is 30.2 Å². The van der Waals surface area contributed by atoms with Gasteiger partial charge in [0.15, 0.2) is 17.1 Å². The first-order valence-corrected chi connectivity index (χ1v) is 13.9. The molecule has 1 heterocycles. The smallest absolute Gasteiger partial charge is 0.375 e. The van der Waals surface area contributed by atoms with Crippen LogP contribution in [-0.2, 0) is 14.3 Å². The van der Waals surface area contributed by atoms with Crippen molar-refractivity contribution in [2.75, 3.05) is 6.01 Å². The van der Waals surface area contributed by atoms with Crippen LogP contribution in [0.25, 0.3) is 0 Å². The predicted molar refractivity (Wildman–Crippen MR) is 136 cm³/mol. The van der Waals surface area contributed by atoms with Gasteiger partial charge in [0.2, 0.25) is 10.9 Å². The van der Waals surface area contributed by atoms with Crippen LogP contribution < -0.4 is 0 Å². The zero-order valence-corrected chi connectivity index (χ0v) is 22.6. The first-order valence-electron chi connectivity index (χ1n) is 12.9. The van der Waals surface area contributed by atoms with Gasteiger partial charge >= 0.3 is 5.97 Å². The standard InChI is InChI=1S/C28H31F2NO6S/c1-15-10-20-19-11-16(2)28(24(34)38-14-29,37-23(33)21-6-5-9-36-21)26(19,4)13-22(31-35)27(20,30)25(3)8-7-17(32)12-18(15)25/h5-9,12,15-16,19-20,22H,10-11,13-14H2,1-4H3/t15-,16+,19?,20?,22-,25-,26?,27-,28-/m0/s1. The highest BCUT2D eigenvalue weighted by atomic mass is 32.2. The summed E-state index contributed by atoms with van der Waals surface area (Å²) in [4.78, 5) is 51.6. The SMILES string of the molecule is C[C@@H]1CC2C3C[C@H](C)C4=CC(=O)C=C[C@]4(C)[C@@]3(F)[C@@H](N=O)CC2(C)[C@@]1(OC(=O)c1ccco1)C(=O)SCF. The number of nitrogens with zero attached hydrogens (tertiary/aromatic N) is 1. The minimum Gasteiger partial charge on any atom is -0.457 e. The Kier molecular flexibility index (Phi) is 6.36. The van der Waals surface area contributed by atoms with Crippen LogP contribution in [0.5, 0.6) is 0 Å². The van der Waals surface area contributed by atoms with E-state index in [0.717, 1.165) is 0 Å². The zero-order chi connectivity index (χ0) is 27.7. The van der Waals surface area contributed by atoms with Crippen molar-refractivity contribution in [2.24, 2.45) is 39.7 Å². The summed E-state index contributed by atoms with van der Waals surface area (Å²) in [6, 6.07) is 0.481. The number of halogens is 2. The Hall–Kier alpha value is -2.62. The minimum absolute atomic E-state index is 0.118. The highest BCUT2D eigenvalue weighted by molar-refractivity contribution is 8.13. The average molecular weight is 548 g/mol. The Morgan fingerprint density at radius 1 is 1.24 bits per heavy atom. The fourth-order valence-electron chi connectivity index (χ4n) is 8.48. The van der Waals surface area contributed by atoms with Crippen LogP contribution in [0.4, 0.5) is 8.78 Å². The molecule has 0 aliphatic heterocycles. The second-order valence-electron chi connectivity index (χ2n) is 11.7. The number of fused-ring (bicyclic) bond motifs is 5. The second-order valence-corrected chi connectivity index (χ2v) is 12.6. The summed E-state index contributed by atoms with van der Waals surface area (Å²) in [5.41, 5.74) is -5.79. The first-order chi connectivity index (χ1) is 17.9. The fourth-order valence-corrected chi connectivity index (χ4v) is 9.27. The lowest BCUT2D eigenvalue weighted by molar-refractivity contribution is -0.185. The third-order valence-electron chi connectivity index (χ3n) is 10.1. The molecule has 1 aromatic rings. The number of ketones is 1. The molecule has 0 amide bonds.